The Balaban J connectivity index is 1.94. The van der Waals surface area contributed by atoms with E-state index in [-0.39, 0.29) is 17.2 Å². The van der Waals surface area contributed by atoms with E-state index in [1.807, 2.05) is 0 Å². The van der Waals surface area contributed by atoms with Crippen molar-refractivity contribution in [1.82, 2.24) is 10.6 Å². The van der Waals surface area contributed by atoms with Crippen molar-refractivity contribution in [1.29, 1.82) is 0 Å². The molecule has 2 N–H and O–H groups in total. The van der Waals surface area contributed by atoms with E-state index in [9.17, 15) is 13.6 Å². The van der Waals surface area contributed by atoms with Crippen molar-refractivity contribution >= 4 is 5.91 Å². The lowest BCUT2D eigenvalue weighted by Gasteiger charge is -2.23. The Labute approximate surface area is 116 Å². The van der Waals surface area contributed by atoms with Gasteiger partial charge in [0.1, 0.15) is 5.75 Å². The number of carbonyl (C=O) groups excluding carboxylic acids is 1. The zero-order chi connectivity index (χ0) is 14.4. The molecular formula is C14H18F2N2O2. The molecule has 1 aromatic carbocycles. The van der Waals surface area contributed by atoms with E-state index in [2.05, 4.69) is 15.4 Å². The SMILES string of the molecule is O=C(NCC1CCCNC1)c1ccccc1OC(F)F. The number of hydrogen-bond donors (Lipinski definition) is 2. The zero-order valence-electron chi connectivity index (χ0n) is 11.1. The van der Waals surface area contributed by atoms with Crippen molar-refractivity contribution in [3.8, 4) is 5.75 Å². The second kappa shape index (κ2) is 7.19. The summed E-state index contributed by atoms with van der Waals surface area (Å²) in [6.45, 7) is -0.522. The first kappa shape index (κ1) is 14.7. The van der Waals surface area contributed by atoms with E-state index >= 15 is 0 Å². The monoisotopic (exact) mass is 284 g/mol. The van der Waals surface area contributed by atoms with Crippen LogP contribution in [0.25, 0.3) is 0 Å². The Morgan fingerprint density at radius 1 is 1.45 bits per heavy atom. The summed E-state index contributed by atoms with van der Waals surface area (Å²) >= 11 is 0. The highest BCUT2D eigenvalue weighted by molar-refractivity contribution is 5.96. The van der Waals surface area contributed by atoms with Crippen LogP contribution in [0.15, 0.2) is 24.3 Å². The molecular weight excluding hydrogens is 266 g/mol. The lowest BCUT2D eigenvalue weighted by Crippen LogP contribution is -2.38. The third-order valence-electron chi connectivity index (χ3n) is 3.30. The van der Waals surface area contributed by atoms with Gasteiger partial charge in [-0.15, -0.1) is 0 Å². The molecule has 6 heteroatoms. The van der Waals surface area contributed by atoms with Crippen molar-refractivity contribution in [2.45, 2.75) is 19.5 Å². The zero-order valence-corrected chi connectivity index (χ0v) is 11.1. The van der Waals surface area contributed by atoms with E-state index in [0.717, 1.165) is 25.9 Å². The van der Waals surface area contributed by atoms with Gasteiger partial charge in [-0.05, 0) is 44.0 Å². The maximum Gasteiger partial charge on any atom is 0.387 e. The number of para-hydroxylation sites is 1. The minimum absolute atomic E-state index is 0.0956. The number of carbonyl (C=O) groups is 1. The Bertz CT molecular complexity index is 449. The lowest BCUT2D eigenvalue weighted by atomic mass is 9.99. The summed E-state index contributed by atoms with van der Waals surface area (Å²) in [5.74, 6) is -0.0931. The molecule has 0 bridgehead atoms. The first-order valence-electron chi connectivity index (χ1n) is 6.69. The Morgan fingerprint density at radius 2 is 2.25 bits per heavy atom. The highest BCUT2D eigenvalue weighted by Gasteiger charge is 2.17. The van der Waals surface area contributed by atoms with Crippen molar-refractivity contribution in [3.63, 3.8) is 0 Å². The summed E-state index contributed by atoms with van der Waals surface area (Å²) < 4.78 is 28.9. The number of halogens is 2. The van der Waals surface area contributed by atoms with E-state index in [1.54, 1.807) is 12.1 Å². The van der Waals surface area contributed by atoms with Crippen LogP contribution in [0.3, 0.4) is 0 Å². The van der Waals surface area contributed by atoms with Crippen LogP contribution in [0.4, 0.5) is 8.78 Å². The molecule has 1 aliphatic rings. The molecule has 110 valence electrons. The number of amides is 1. The van der Waals surface area contributed by atoms with Crippen molar-refractivity contribution in [2.24, 2.45) is 5.92 Å². The molecule has 0 aliphatic carbocycles. The molecule has 0 spiro atoms. The van der Waals surface area contributed by atoms with Crippen LogP contribution in [-0.4, -0.2) is 32.2 Å². The average molecular weight is 284 g/mol. The van der Waals surface area contributed by atoms with Gasteiger partial charge in [-0.25, -0.2) is 0 Å². The lowest BCUT2D eigenvalue weighted by molar-refractivity contribution is -0.0501. The maximum atomic E-state index is 12.3. The number of nitrogens with one attached hydrogen (secondary N) is 2. The van der Waals surface area contributed by atoms with Gasteiger partial charge in [-0.3, -0.25) is 4.79 Å². The van der Waals surface area contributed by atoms with Crippen molar-refractivity contribution in [3.05, 3.63) is 29.8 Å². The molecule has 0 saturated carbocycles. The molecule has 1 heterocycles. The first-order valence-corrected chi connectivity index (χ1v) is 6.69. The molecule has 1 fully saturated rings. The van der Waals surface area contributed by atoms with Crippen LogP contribution in [0.5, 0.6) is 5.75 Å². The highest BCUT2D eigenvalue weighted by Crippen LogP contribution is 2.20. The van der Waals surface area contributed by atoms with Gasteiger partial charge in [0.15, 0.2) is 0 Å². The van der Waals surface area contributed by atoms with Crippen LogP contribution in [0, 0.1) is 5.92 Å². The predicted octanol–water partition coefficient (Wildman–Crippen LogP) is 2.02. The maximum absolute atomic E-state index is 12.3. The summed E-state index contributed by atoms with van der Waals surface area (Å²) in [5.41, 5.74) is 0.136. The van der Waals surface area contributed by atoms with Gasteiger partial charge in [-0.1, -0.05) is 12.1 Å². The van der Waals surface area contributed by atoms with Gasteiger partial charge in [-0.2, -0.15) is 8.78 Å². The van der Waals surface area contributed by atoms with E-state index in [0.29, 0.717) is 12.5 Å². The molecule has 0 radical (unpaired) electrons. The van der Waals surface area contributed by atoms with Gasteiger partial charge >= 0.3 is 6.61 Å². The Morgan fingerprint density at radius 3 is 2.95 bits per heavy atom. The fourth-order valence-corrected chi connectivity index (χ4v) is 2.28. The summed E-state index contributed by atoms with van der Waals surface area (Å²) in [7, 11) is 0. The van der Waals surface area contributed by atoms with Crippen LogP contribution >= 0.6 is 0 Å². The molecule has 1 aromatic rings. The quantitative estimate of drug-likeness (QED) is 0.869. The summed E-state index contributed by atoms with van der Waals surface area (Å²) in [5, 5.41) is 6.04. The van der Waals surface area contributed by atoms with Gasteiger partial charge in [0.05, 0.1) is 5.56 Å². The van der Waals surface area contributed by atoms with E-state index < -0.39 is 6.61 Å². The third-order valence-corrected chi connectivity index (χ3v) is 3.30. The predicted molar refractivity (Wildman–Crippen MR) is 71.0 cm³/mol. The highest BCUT2D eigenvalue weighted by atomic mass is 19.3. The van der Waals surface area contributed by atoms with Crippen molar-refractivity contribution in [2.75, 3.05) is 19.6 Å². The number of rotatable bonds is 5. The molecule has 0 aromatic heterocycles. The smallest absolute Gasteiger partial charge is 0.387 e. The summed E-state index contributed by atoms with van der Waals surface area (Å²) in [6.07, 6.45) is 2.15. The minimum atomic E-state index is -2.94. The molecule has 1 saturated heterocycles. The number of hydrogen-bond acceptors (Lipinski definition) is 3. The molecule has 1 atom stereocenters. The molecule has 1 amide bonds. The van der Waals surface area contributed by atoms with Crippen LogP contribution in [0.2, 0.25) is 0 Å². The normalized spacial score (nSPS) is 18.9. The van der Waals surface area contributed by atoms with Crippen LogP contribution in [-0.2, 0) is 0 Å². The number of benzene rings is 1. The second-order valence-electron chi connectivity index (χ2n) is 4.80. The van der Waals surface area contributed by atoms with Gasteiger partial charge in [0.2, 0.25) is 0 Å². The summed E-state index contributed by atoms with van der Waals surface area (Å²) in [4.78, 5) is 12.0. The fraction of sp³-hybridized carbons (Fsp3) is 0.500. The van der Waals surface area contributed by atoms with Crippen molar-refractivity contribution < 1.29 is 18.3 Å². The number of piperidine rings is 1. The van der Waals surface area contributed by atoms with Crippen LogP contribution in [0.1, 0.15) is 23.2 Å². The Hall–Kier alpha value is -1.69. The van der Waals surface area contributed by atoms with Crippen LogP contribution < -0.4 is 15.4 Å². The number of ether oxygens (including phenoxy) is 1. The van der Waals surface area contributed by atoms with Gasteiger partial charge in [0, 0.05) is 6.54 Å². The largest absolute Gasteiger partial charge is 0.434 e. The Kier molecular flexibility index (Phi) is 5.29. The summed E-state index contributed by atoms with van der Waals surface area (Å²) in [6, 6.07) is 6.02. The van der Waals surface area contributed by atoms with Gasteiger partial charge < -0.3 is 15.4 Å². The standard InChI is InChI=1S/C14H18F2N2O2/c15-14(16)20-12-6-2-1-5-11(12)13(19)18-9-10-4-3-7-17-8-10/h1-2,5-6,10,14,17H,3-4,7-9H2,(H,18,19). The number of alkyl halides is 2. The third kappa shape index (κ3) is 4.16. The topological polar surface area (TPSA) is 50.4 Å². The first-order chi connectivity index (χ1) is 9.66. The van der Waals surface area contributed by atoms with E-state index in [1.165, 1.54) is 12.1 Å². The average Bonchev–Trinajstić information content (AvgIpc) is 2.46. The van der Waals surface area contributed by atoms with E-state index in [4.69, 9.17) is 0 Å². The molecule has 20 heavy (non-hydrogen) atoms. The fourth-order valence-electron chi connectivity index (χ4n) is 2.28. The van der Waals surface area contributed by atoms with Gasteiger partial charge in [0.25, 0.3) is 5.91 Å². The molecule has 4 nitrogen and oxygen atoms in total. The molecule has 1 aliphatic heterocycles. The molecule has 2 rings (SSSR count). The second-order valence-corrected chi connectivity index (χ2v) is 4.80. The minimum Gasteiger partial charge on any atom is -0.434 e. The molecule has 1 unspecified atom stereocenters.